The molecule has 2 aromatic carbocycles. The zero-order valence-corrected chi connectivity index (χ0v) is 13.0. The fourth-order valence-corrected chi connectivity index (χ4v) is 2.88. The van der Waals surface area contributed by atoms with Gasteiger partial charge in [0.2, 0.25) is 0 Å². The van der Waals surface area contributed by atoms with E-state index in [1.54, 1.807) is 0 Å². The summed E-state index contributed by atoms with van der Waals surface area (Å²) in [4.78, 5) is 4.74. The van der Waals surface area contributed by atoms with Gasteiger partial charge in [-0.15, -0.1) is 0 Å². The number of aryl methyl sites for hydroxylation is 2. The Morgan fingerprint density at radius 2 is 1.78 bits per heavy atom. The molecule has 0 saturated heterocycles. The van der Waals surface area contributed by atoms with Crippen LogP contribution in [0.15, 0.2) is 48.5 Å². The molecule has 2 heterocycles. The van der Waals surface area contributed by atoms with Gasteiger partial charge in [-0.1, -0.05) is 42.0 Å². The highest BCUT2D eigenvalue weighted by Gasteiger charge is 2.20. The van der Waals surface area contributed by atoms with E-state index in [9.17, 15) is 0 Å². The van der Waals surface area contributed by atoms with Crippen molar-refractivity contribution in [2.75, 3.05) is 5.73 Å². The number of nitrogens with one attached hydrogen (secondary N) is 1. The average molecular weight is 303 g/mol. The predicted molar refractivity (Wildman–Crippen MR) is 92.9 cm³/mol. The molecular formula is C18H17N5. The summed E-state index contributed by atoms with van der Waals surface area (Å²) in [7, 11) is 2.00. The Hall–Kier alpha value is -3.08. The predicted octanol–water partition coefficient (Wildman–Crippen LogP) is 3.52. The number of nitrogens with two attached hydrogens (primary N) is 1. The standard InChI is InChI=1S/C18H17N5/c1-11-7-9-12(10-8-11)16-15(17(19)22-21-16)18-20-13-5-3-4-6-14(13)23(18)2/h3-10H,1-2H3,(H3,19,21,22). The highest BCUT2D eigenvalue weighted by Crippen LogP contribution is 2.35. The third-order valence-corrected chi connectivity index (χ3v) is 4.15. The lowest BCUT2D eigenvalue weighted by Gasteiger charge is -2.05. The van der Waals surface area contributed by atoms with E-state index in [0.29, 0.717) is 5.82 Å². The monoisotopic (exact) mass is 303 g/mol. The number of nitrogens with zero attached hydrogens (tertiary/aromatic N) is 3. The summed E-state index contributed by atoms with van der Waals surface area (Å²) in [5.41, 5.74) is 12.1. The number of para-hydroxylation sites is 2. The van der Waals surface area contributed by atoms with Crippen LogP contribution in [0.25, 0.3) is 33.7 Å². The van der Waals surface area contributed by atoms with Crippen molar-refractivity contribution in [3.63, 3.8) is 0 Å². The molecular weight excluding hydrogens is 286 g/mol. The minimum Gasteiger partial charge on any atom is -0.382 e. The summed E-state index contributed by atoms with van der Waals surface area (Å²) < 4.78 is 2.05. The maximum Gasteiger partial charge on any atom is 0.156 e. The first-order valence-corrected chi connectivity index (χ1v) is 7.48. The first-order valence-electron chi connectivity index (χ1n) is 7.48. The van der Waals surface area contributed by atoms with Gasteiger partial charge in [0.15, 0.2) is 5.82 Å². The van der Waals surface area contributed by atoms with E-state index in [0.717, 1.165) is 33.7 Å². The van der Waals surface area contributed by atoms with E-state index >= 15 is 0 Å². The number of hydrogen-bond donors (Lipinski definition) is 2. The molecule has 0 bridgehead atoms. The van der Waals surface area contributed by atoms with Gasteiger partial charge in [-0.2, -0.15) is 5.10 Å². The lowest BCUT2D eigenvalue weighted by molar-refractivity contribution is 0.960. The number of aromatic amines is 1. The lowest BCUT2D eigenvalue weighted by Crippen LogP contribution is -1.96. The zero-order valence-electron chi connectivity index (χ0n) is 13.0. The van der Waals surface area contributed by atoms with Crippen molar-refractivity contribution in [2.45, 2.75) is 6.92 Å². The molecule has 0 fully saturated rings. The van der Waals surface area contributed by atoms with Gasteiger partial charge in [-0.05, 0) is 19.1 Å². The quantitative estimate of drug-likeness (QED) is 0.595. The van der Waals surface area contributed by atoms with Crippen molar-refractivity contribution in [3.05, 3.63) is 54.1 Å². The first kappa shape index (κ1) is 13.6. The Bertz CT molecular complexity index is 992. The molecule has 4 aromatic rings. The van der Waals surface area contributed by atoms with Crippen molar-refractivity contribution in [1.29, 1.82) is 0 Å². The number of benzene rings is 2. The number of H-pyrrole nitrogens is 1. The Balaban J connectivity index is 1.96. The SMILES string of the molecule is Cc1ccc(-c2[nH]nc(N)c2-c2nc3ccccc3n2C)cc1. The molecule has 0 radical (unpaired) electrons. The van der Waals surface area contributed by atoms with Gasteiger partial charge in [0.25, 0.3) is 0 Å². The average Bonchev–Trinajstić information content (AvgIpc) is 3.09. The van der Waals surface area contributed by atoms with Gasteiger partial charge < -0.3 is 10.3 Å². The van der Waals surface area contributed by atoms with Crippen LogP contribution in [0.4, 0.5) is 5.82 Å². The molecule has 114 valence electrons. The molecule has 0 aliphatic heterocycles. The molecule has 0 aliphatic rings. The number of anilines is 1. The minimum atomic E-state index is 0.457. The Morgan fingerprint density at radius 1 is 1.04 bits per heavy atom. The summed E-state index contributed by atoms with van der Waals surface area (Å²) in [5.74, 6) is 1.27. The summed E-state index contributed by atoms with van der Waals surface area (Å²) in [5, 5.41) is 7.25. The summed E-state index contributed by atoms with van der Waals surface area (Å²) in [6.45, 7) is 2.07. The number of aromatic nitrogens is 4. The number of imidazole rings is 1. The molecule has 5 nitrogen and oxygen atoms in total. The van der Waals surface area contributed by atoms with Crippen LogP contribution in [0, 0.1) is 6.92 Å². The highest BCUT2D eigenvalue weighted by atomic mass is 15.2. The van der Waals surface area contributed by atoms with Gasteiger partial charge in [-0.3, -0.25) is 5.10 Å². The molecule has 0 saturated carbocycles. The molecule has 23 heavy (non-hydrogen) atoms. The second-order valence-corrected chi connectivity index (χ2v) is 5.71. The molecule has 2 aromatic heterocycles. The fraction of sp³-hybridized carbons (Fsp3) is 0.111. The van der Waals surface area contributed by atoms with Gasteiger partial charge in [0.1, 0.15) is 5.82 Å². The molecule has 0 aliphatic carbocycles. The minimum absolute atomic E-state index is 0.457. The van der Waals surface area contributed by atoms with Crippen molar-refractivity contribution in [3.8, 4) is 22.6 Å². The number of fused-ring (bicyclic) bond motifs is 1. The van der Waals surface area contributed by atoms with Gasteiger partial charge >= 0.3 is 0 Å². The smallest absolute Gasteiger partial charge is 0.156 e. The normalized spacial score (nSPS) is 11.2. The van der Waals surface area contributed by atoms with E-state index in [1.165, 1.54) is 5.56 Å². The molecule has 0 amide bonds. The zero-order chi connectivity index (χ0) is 16.0. The molecule has 5 heteroatoms. The fourth-order valence-electron chi connectivity index (χ4n) is 2.88. The number of hydrogen-bond acceptors (Lipinski definition) is 3. The first-order chi connectivity index (χ1) is 11.1. The largest absolute Gasteiger partial charge is 0.382 e. The summed E-state index contributed by atoms with van der Waals surface area (Å²) >= 11 is 0. The van der Waals surface area contributed by atoms with E-state index in [1.807, 2.05) is 35.9 Å². The second kappa shape index (κ2) is 4.98. The molecule has 4 rings (SSSR count). The molecule has 0 atom stereocenters. The van der Waals surface area contributed by atoms with E-state index < -0.39 is 0 Å². The highest BCUT2D eigenvalue weighted by molar-refractivity contribution is 5.89. The Labute approximate surface area is 133 Å². The van der Waals surface area contributed by atoms with Gasteiger partial charge in [-0.25, -0.2) is 4.98 Å². The molecule has 3 N–H and O–H groups in total. The van der Waals surface area contributed by atoms with Crippen LogP contribution in [0.3, 0.4) is 0 Å². The molecule has 0 spiro atoms. The maximum absolute atomic E-state index is 6.14. The third kappa shape index (κ3) is 2.09. The van der Waals surface area contributed by atoms with Crippen LogP contribution in [0.2, 0.25) is 0 Å². The Kier molecular flexibility index (Phi) is 2.94. The van der Waals surface area contributed by atoms with E-state index in [2.05, 4.69) is 41.4 Å². The Morgan fingerprint density at radius 3 is 2.52 bits per heavy atom. The number of nitrogen functional groups attached to an aromatic ring is 1. The van der Waals surface area contributed by atoms with Crippen LogP contribution in [0.5, 0.6) is 0 Å². The second-order valence-electron chi connectivity index (χ2n) is 5.71. The van der Waals surface area contributed by atoms with Crippen LogP contribution in [-0.2, 0) is 7.05 Å². The summed E-state index contributed by atoms with van der Waals surface area (Å²) in [6, 6.07) is 16.3. The van der Waals surface area contributed by atoms with Crippen molar-refractivity contribution >= 4 is 16.9 Å². The third-order valence-electron chi connectivity index (χ3n) is 4.15. The van der Waals surface area contributed by atoms with Crippen molar-refractivity contribution < 1.29 is 0 Å². The summed E-state index contributed by atoms with van der Waals surface area (Å²) in [6.07, 6.45) is 0. The van der Waals surface area contributed by atoms with Crippen molar-refractivity contribution in [1.82, 2.24) is 19.7 Å². The molecule has 0 unspecified atom stereocenters. The van der Waals surface area contributed by atoms with Gasteiger partial charge in [0.05, 0.1) is 22.3 Å². The van der Waals surface area contributed by atoms with E-state index in [-0.39, 0.29) is 0 Å². The van der Waals surface area contributed by atoms with Crippen LogP contribution in [-0.4, -0.2) is 19.7 Å². The maximum atomic E-state index is 6.14. The van der Waals surface area contributed by atoms with Crippen LogP contribution >= 0.6 is 0 Å². The topological polar surface area (TPSA) is 72.5 Å². The lowest BCUT2D eigenvalue weighted by atomic mass is 10.1. The van der Waals surface area contributed by atoms with Crippen LogP contribution < -0.4 is 5.73 Å². The van der Waals surface area contributed by atoms with Crippen molar-refractivity contribution in [2.24, 2.45) is 7.05 Å². The van der Waals surface area contributed by atoms with Crippen LogP contribution in [0.1, 0.15) is 5.56 Å². The van der Waals surface area contributed by atoms with E-state index in [4.69, 9.17) is 10.7 Å². The van der Waals surface area contributed by atoms with Gasteiger partial charge in [0, 0.05) is 12.6 Å². The number of rotatable bonds is 2.